The standard InChI is InChI=1S/C14H22N2O/c1-10-6-12(3)13(7-11(10)2)8-15-9-14(17)16(4)5/h6-7,15H,8-9H2,1-5H3. The second-order valence-corrected chi connectivity index (χ2v) is 4.75. The van der Waals surface area contributed by atoms with Crippen molar-refractivity contribution < 1.29 is 4.79 Å². The smallest absolute Gasteiger partial charge is 0.236 e. The third-order valence-electron chi connectivity index (χ3n) is 3.04. The number of likely N-dealkylation sites (N-methyl/N-ethyl adjacent to an activating group) is 1. The highest BCUT2D eigenvalue weighted by atomic mass is 16.2. The van der Waals surface area contributed by atoms with E-state index in [1.165, 1.54) is 22.3 Å². The molecule has 0 atom stereocenters. The lowest BCUT2D eigenvalue weighted by molar-refractivity contribution is -0.127. The molecule has 0 fully saturated rings. The van der Waals surface area contributed by atoms with Crippen LogP contribution in [0.1, 0.15) is 22.3 Å². The summed E-state index contributed by atoms with van der Waals surface area (Å²) in [6.45, 7) is 7.47. The summed E-state index contributed by atoms with van der Waals surface area (Å²) in [4.78, 5) is 13.0. The molecule has 0 aromatic heterocycles. The van der Waals surface area contributed by atoms with Gasteiger partial charge in [0.25, 0.3) is 0 Å². The minimum absolute atomic E-state index is 0.103. The SMILES string of the molecule is Cc1cc(C)c(CNCC(=O)N(C)C)cc1C. The molecular weight excluding hydrogens is 212 g/mol. The predicted octanol–water partition coefficient (Wildman–Crippen LogP) is 1.79. The highest BCUT2D eigenvalue weighted by molar-refractivity contribution is 5.77. The summed E-state index contributed by atoms with van der Waals surface area (Å²) in [5.74, 6) is 0.103. The molecular formula is C14H22N2O. The minimum Gasteiger partial charge on any atom is -0.348 e. The summed E-state index contributed by atoms with van der Waals surface area (Å²) in [7, 11) is 3.54. The van der Waals surface area contributed by atoms with Crippen molar-refractivity contribution in [1.82, 2.24) is 10.2 Å². The molecule has 1 aromatic rings. The van der Waals surface area contributed by atoms with E-state index < -0.39 is 0 Å². The molecule has 1 amide bonds. The van der Waals surface area contributed by atoms with Gasteiger partial charge in [-0.3, -0.25) is 4.79 Å². The van der Waals surface area contributed by atoms with Gasteiger partial charge >= 0.3 is 0 Å². The maximum Gasteiger partial charge on any atom is 0.236 e. The molecule has 17 heavy (non-hydrogen) atoms. The molecule has 3 heteroatoms. The van der Waals surface area contributed by atoms with Crippen LogP contribution in [0, 0.1) is 20.8 Å². The summed E-state index contributed by atoms with van der Waals surface area (Å²) < 4.78 is 0. The van der Waals surface area contributed by atoms with Gasteiger partial charge in [-0.1, -0.05) is 12.1 Å². The molecule has 0 aliphatic carbocycles. The van der Waals surface area contributed by atoms with Gasteiger partial charge in [0.15, 0.2) is 0 Å². The number of benzene rings is 1. The Morgan fingerprint density at radius 3 is 2.29 bits per heavy atom. The van der Waals surface area contributed by atoms with E-state index >= 15 is 0 Å². The van der Waals surface area contributed by atoms with E-state index in [1.54, 1.807) is 19.0 Å². The van der Waals surface area contributed by atoms with Gasteiger partial charge in [0.2, 0.25) is 5.91 Å². The first kappa shape index (κ1) is 13.7. The summed E-state index contributed by atoms with van der Waals surface area (Å²) in [5.41, 5.74) is 5.15. The summed E-state index contributed by atoms with van der Waals surface area (Å²) >= 11 is 0. The normalized spacial score (nSPS) is 10.4. The third kappa shape index (κ3) is 3.86. The first-order chi connectivity index (χ1) is 7.91. The molecule has 0 aliphatic rings. The van der Waals surface area contributed by atoms with E-state index in [0.717, 1.165) is 6.54 Å². The maximum atomic E-state index is 11.4. The number of hydrogen-bond acceptors (Lipinski definition) is 2. The van der Waals surface area contributed by atoms with Gasteiger partial charge in [0.05, 0.1) is 6.54 Å². The highest BCUT2D eigenvalue weighted by Crippen LogP contribution is 2.14. The lowest BCUT2D eigenvalue weighted by Gasteiger charge is -2.13. The molecule has 0 unspecified atom stereocenters. The number of hydrogen-bond donors (Lipinski definition) is 1. The Hall–Kier alpha value is -1.35. The zero-order valence-electron chi connectivity index (χ0n) is 11.4. The van der Waals surface area contributed by atoms with Gasteiger partial charge in [-0.15, -0.1) is 0 Å². The van der Waals surface area contributed by atoms with Crippen LogP contribution in [-0.4, -0.2) is 31.4 Å². The predicted molar refractivity (Wildman–Crippen MR) is 71.1 cm³/mol. The van der Waals surface area contributed by atoms with Gasteiger partial charge in [-0.25, -0.2) is 0 Å². The Kier molecular flexibility index (Phi) is 4.70. The molecule has 0 bridgehead atoms. The Labute approximate surface area is 104 Å². The Balaban J connectivity index is 2.58. The van der Waals surface area contributed by atoms with Gasteiger partial charge in [-0.05, 0) is 43.0 Å². The molecule has 0 aliphatic heterocycles. The number of amides is 1. The summed E-state index contributed by atoms with van der Waals surface area (Å²) in [5, 5.41) is 3.18. The summed E-state index contributed by atoms with van der Waals surface area (Å²) in [6, 6.07) is 4.39. The van der Waals surface area contributed by atoms with Gasteiger partial charge in [-0.2, -0.15) is 0 Å². The average molecular weight is 234 g/mol. The first-order valence-electron chi connectivity index (χ1n) is 5.89. The maximum absolute atomic E-state index is 11.4. The van der Waals surface area contributed by atoms with Crippen molar-refractivity contribution in [3.63, 3.8) is 0 Å². The lowest BCUT2D eigenvalue weighted by Crippen LogP contribution is -2.32. The monoisotopic (exact) mass is 234 g/mol. The third-order valence-corrected chi connectivity index (χ3v) is 3.04. The Bertz CT molecular complexity index is 411. The van der Waals surface area contributed by atoms with Crippen LogP contribution in [0.15, 0.2) is 12.1 Å². The van der Waals surface area contributed by atoms with E-state index in [9.17, 15) is 4.79 Å². The lowest BCUT2D eigenvalue weighted by atomic mass is 10.0. The van der Waals surface area contributed by atoms with Crippen molar-refractivity contribution in [3.8, 4) is 0 Å². The number of carbonyl (C=O) groups is 1. The van der Waals surface area contributed by atoms with Crippen LogP contribution < -0.4 is 5.32 Å². The summed E-state index contributed by atoms with van der Waals surface area (Å²) in [6.07, 6.45) is 0. The van der Waals surface area contributed by atoms with Crippen molar-refractivity contribution >= 4 is 5.91 Å². The molecule has 3 nitrogen and oxygen atoms in total. The van der Waals surface area contributed by atoms with Crippen LogP contribution in [0.2, 0.25) is 0 Å². The highest BCUT2D eigenvalue weighted by Gasteiger charge is 2.05. The first-order valence-corrected chi connectivity index (χ1v) is 5.89. The zero-order chi connectivity index (χ0) is 13.0. The quantitative estimate of drug-likeness (QED) is 0.861. The van der Waals surface area contributed by atoms with E-state index in [0.29, 0.717) is 6.54 Å². The molecule has 1 rings (SSSR count). The Morgan fingerprint density at radius 1 is 1.12 bits per heavy atom. The van der Waals surface area contributed by atoms with Crippen LogP contribution in [-0.2, 0) is 11.3 Å². The second kappa shape index (κ2) is 5.82. The van der Waals surface area contributed by atoms with Gasteiger partial charge < -0.3 is 10.2 Å². The number of carbonyl (C=O) groups excluding carboxylic acids is 1. The van der Waals surface area contributed by atoms with Gasteiger partial charge in [0.1, 0.15) is 0 Å². The van der Waals surface area contributed by atoms with Gasteiger partial charge in [0, 0.05) is 20.6 Å². The van der Waals surface area contributed by atoms with Crippen LogP contribution in [0.3, 0.4) is 0 Å². The van der Waals surface area contributed by atoms with Crippen molar-refractivity contribution in [3.05, 3.63) is 34.4 Å². The number of nitrogens with one attached hydrogen (secondary N) is 1. The fourth-order valence-corrected chi connectivity index (χ4v) is 1.67. The average Bonchev–Trinajstić information content (AvgIpc) is 2.25. The molecule has 0 saturated heterocycles. The number of aryl methyl sites for hydroxylation is 3. The molecule has 0 radical (unpaired) electrons. The number of nitrogens with zero attached hydrogens (tertiary/aromatic N) is 1. The zero-order valence-corrected chi connectivity index (χ0v) is 11.4. The fourth-order valence-electron chi connectivity index (χ4n) is 1.67. The minimum atomic E-state index is 0.103. The van der Waals surface area contributed by atoms with Crippen LogP contribution in [0.25, 0.3) is 0 Å². The topological polar surface area (TPSA) is 32.3 Å². The van der Waals surface area contributed by atoms with Crippen LogP contribution in [0.4, 0.5) is 0 Å². The van der Waals surface area contributed by atoms with E-state index in [2.05, 4.69) is 38.2 Å². The van der Waals surface area contributed by atoms with Crippen molar-refractivity contribution in [2.24, 2.45) is 0 Å². The largest absolute Gasteiger partial charge is 0.348 e. The van der Waals surface area contributed by atoms with Crippen molar-refractivity contribution in [2.75, 3.05) is 20.6 Å². The molecule has 1 aromatic carbocycles. The molecule has 0 heterocycles. The second-order valence-electron chi connectivity index (χ2n) is 4.75. The molecule has 94 valence electrons. The van der Waals surface area contributed by atoms with E-state index in [-0.39, 0.29) is 5.91 Å². The van der Waals surface area contributed by atoms with Crippen LogP contribution >= 0.6 is 0 Å². The molecule has 0 spiro atoms. The van der Waals surface area contributed by atoms with Crippen LogP contribution in [0.5, 0.6) is 0 Å². The molecule has 1 N–H and O–H groups in total. The Morgan fingerprint density at radius 2 is 1.71 bits per heavy atom. The molecule has 0 saturated carbocycles. The van der Waals surface area contributed by atoms with E-state index in [4.69, 9.17) is 0 Å². The van der Waals surface area contributed by atoms with Crippen molar-refractivity contribution in [1.29, 1.82) is 0 Å². The fraction of sp³-hybridized carbons (Fsp3) is 0.500. The van der Waals surface area contributed by atoms with Crippen molar-refractivity contribution in [2.45, 2.75) is 27.3 Å². The number of rotatable bonds is 4. The van der Waals surface area contributed by atoms with E-state index in [1.807, 2.05) is 0 Å².